The van der Waals surface area contributed by atoms with Crippen molar-refractivity contribution in [3.8, 4) is 0 Å². The Morgan fingerprint density at radius 3 is 3.00 bits per heavy atom. The van der Waals surface area contributed by atoms with Crippen molar-refractivity contribution in [1.29, 1.82) is 0 Å². The molecule has 1 aromatic heterocycles. The molecule has 0 bridgehead atoms. The Kier molecular flexibility index (Phi) is 3.22. The highest BCUT2D eigenvalue weighted by atomic mass is 16.3. The average Bonchev–Trinajstić information content (AvgIpc) is 2.75. The van der Waals surface area contributed by atoms with E-state index in [9.17, 15) is 9.90 Å². The summed E-state index contributed by atoms with van der Waals surface area (Å²) < 4.78 is 5.24. The molecule has 0 radical (unpaired) electrons. The Morgan fingerprint density at radius 1 is 1.65 bits per heavy atom. The number of amides is 1. The van der Waals surface area contributed by atoms with Crippen LogP contribution in [-0.2, 0) is 11.3 Å². The molecule has 2 N–H and O–H groups in total. The van der Waals surface area contributed by atoms with E-state index in [1.807, 2.05) is 19.9 Å². The number of aliphatic hydroxyl groups excluding tert-OH is 1. The van der Waals surface area contributed by atoms with Crippen LogP contribution in [-0.4, -0.2) is 40.6 Å². The quantitative estimate of drug-likeness (QED) is 0.797. The standard InChI is InChI=1S/C12H18N2O3/c1-12(2)8-14(6-9-4-3-5-17-9)11(16)10(7-15)13-12/h3-5,10,13,15H,6-8H2,1-2H3. The molecule has 1 aliphatic heterocycles. The molecule has 1 atom stereocenters. The largest absolute Gasteiger partial charge is 0.467 e. The molecule has 0 spiro atoms. The van der Waals surface area contributed by atoms with E-state index in [-0.39, 0.29) is 18.1 Å². The highest BCUT2D eigenvalue weighted by Crippen LogP contribution is 2.17. The highest BCUT2D eigenvalue weighted by molar-refractivity contribution is 5.83. The topological polar surface area (TPSA) is 65.7 Å². The number of carbonyl (C=O) groups is 1. The van der Waals surface area contributed by atoms with Crippen molar-refractivity contribution in [2.75, 3.05) is 13.2 Å². The first-order valence-electron chi connectivity index (χ1n) is 5.71. The summed E-state index contributed by atoms with van der Waals surface area (Å²) in [4.78, 5) is 13.8. The van der Waals surface area contributed by atoms with Gasteiger partial charge in [0.25, 0.3) is 0 Å². The van der Waals surface area contributed by atoms with Crippen LogP contribution in [0.5, 0.6) is 0 Å². The number of hydrogen-bond donors (Lipinski definition) is 2. The van der Waals surface area contributed by atoms with Crippen LogP contribution in [0.25, 0.3) is 0 Å². The fraction of sp³-hybridized carbons (Fsp3) is 0.583. The van der Waals surface area contributed by atoms with Crippen molar-refractivity contribution in [2.45, 2.75) is 32.0 Å². The first kappa shape index (κ1) is 12.1. The molecule has 1 aliphatic rings. The van der Waals surface area contributed by atoms with Gasteiger partial charge >= 0.3 is 0 Å². The van der Waals surface area contributed by atoms with Crippen LogP contribution in [0.2, 0.25) is 0 Å². The van der Waals surface area contributed by atoms with Crippen molar-refractivity contribution in [2.24, 2.45) is 0 Å². The molecule has 5 nitrogen and oxygen atoms in total. The third-order valence-corrected chi connectivity index (χ3v) is 2.87. The van der Waals surface area contributed by atoms with E-state index >= 15 is 0 Å². The summed E-state index contributed by atoms with van der Waals surface area (Å²) in [5.41, 5.74) is -0.200. The minimum atomic E-state index is -0.520. The summed E-state index contributed by atoms with van der Waals surface area (Å²) in [6.07, 6.45) is 1.59. The summed E-state index contributed by atoms with van der Waals surface area (Å²) in [5, 5.41) is 12.3. The van der Waals surface area contributed by atoms with Gasteiger partial charge in [-0.15, -0.1) is 0 Å². The Bertz CT molecular complexity index is 386. The maximum Gasteiger partial charge on any atom is 0.242 e. The predicted molar refractivity (Wildman–Crippen MR) is 62.2 cm³/mol. The number of nitrogens with zero attached hydrogens (tertiary/aromatic N) is 1. The van der Waals surface area contributed by atoms with Crippen molar-refractivity contribution < 1.29 is 14.3 Å². The lowest BCUT2D eigenvalue weighted by Gasteiger charge is -2.42. The van der Waals surface area contributed by atoms with Crippen LogP contribution in [0.4, 0.5) is 0 Å². The normalized spacial score (nSPS) is 24.1. The molecule has 17 heavy (non-hydrogen) atoms. The molecule has 2 heterocycles. The molecule has 1 fully saturated rings. The molecular formula is C12H18N2O3. The molecule has 0 saturated carbocycles. The van der Waals surface area contributed by atoms with Crippen LogP contribution >= 0.6 is 0 Å². The second kappa shape index (κ2) is 4.50. The van der Waals surface area contributed by atoms with Crippen molar-refractivity contribution >= 4 is 5.91 Å². The predicted octanol–water partition coefficient (Wildman–Crippen LogP) is 0.351. The van der Waals surface area contributed by atoms with E-state index in [0.717, 1.165) is 5.76 Å². The maximum atomic E-state index is 12.0. The number of carbonyl (C=O) groups excluding carboxylic acids is 1. The van der Waals surface area contributed by atoms with Crippen LogP contribution in [0, 0.1) is 0 Å². The zero-order valence-electron chi connectivity index (χ0n) is 10.1. The zero-order chi connectivity index (χ0) is 12.5. The van der Waals surface area contributed by atoms with Crippen LogP contribution in [0.3, 0.4) is 0 Å². The van der Waals surface area contributed by atoms with Crippen LogP contribution < -0.4 is 5.32 Å². The summed E-state index contributed by atoms with van der Waals surface area (Å²) in [6, 6.07) is 3.13. The number of aliphatic hydroxyl groups is 1. The summed E-state index contributed by atoms with van der Waals surface area (Å²) in [5.74, 6) is 0.677. The van der Waals surface area contributed by atoms with Gasteiger partial charge in [-0.25, -0.2) is 0 Å². The van der Waals surface area contributed by atoms with Gasteiger partial charge in [-0.3, -0.25) is 10.1 Å². The summed E-state index contributed by atoms with van der Waals surface area (Å²) in [6.45, 7) is 4.89. The second-order valence-electron chi connectivity index (χ2n) is 5.04. The molecular weight excluding hydrogens is 220 g/mol. The lowest BCUT2D eigenvalue weighted by atomic mass is 9.98. The van der Waals surface area contributed by atoms with Gasteiger partial charge in [0.05, 0.1) is 19.4 Å². The fourth-order valence-electron chi connectivity index (χ4n) is 2.20. The van der Waals surface area contributed by atoms with Gasteiger partial charge in [-0.1, -0.05) is 0 Å². The van der Waals surface area contributed by atoms with Gasteiger partial charge in [0.15, 0.2) is 0 Å². The van der Waals surface area contributed by atoms with E-state index in [1.165, 1.54) is 0 Å². The maximum absolute atomic E-state index is 12.0. The second-order valence-corrected chi connectivity index (χ2v) is 5.04. The third-order valence-electron chi connectivity index (χ3n) is 2.87. The number of nitrogens with one attached hydrogen (secondary N) is 1. The van der Waals surface area contributed by atoms with Crippen molar-refractivity contribution in [3.63, 3.8) is 0 Å². The molecule has 1 aromatic rings. The van der Waals surface area contributed by atoms with Crippen molar-refractivity contribution in [1.82, 2.24) is 10.2 Å². The van der Waals surface area contributed by atoms with Gasteiger partial charge < -0.3 is 14.4 Å². The number of piperazine rings is 1. The molecule has 1 saturated heterocycles. The molecule has 2 rings (SSSR count). The Morgan fingerprint density at radius 2 is 2.41 bits per heavy atom. The first-order chi connectivity index (χ1) is 8.02. The van der Waals surface area contributed by atoms with E-state index in [0.29, 0.717) is 13.1 Å². The number of hydrogen-bond acceptors (Lipinski definition) is 4. The Balaban J connectivity index is 2.12. The summed E-state index contributed by atoms with van der Waals surface area (Å²) >= 11 is 0. The monoisotopic (exact) mass is 238 g/mol. The Hall–Kier alpha value is -1.33. The summed E-state index contributed by atoms with van der Waals surface area (Å²) in [7, 11) is 0. The van der Waals surface area contributed by atoms with Gasteiger partial charge in [-0.05, 0) is 26.0 Å². The molecule has 1 unspecified atom stereocenters. The zero-order valence-corrected chi connectivity index (χ0v) is 10.1. The number of furan rings is 1. The minimum absolute atomic E-state index is 0.0803. The molecule has 94 valence electrons. The van der Waals surface area contributed by atoms with Crippen LogP contribution in [0.1, 0.15) is 19.6 Å². The van der Waals surface area contributed by atoms with E-state index in [2.05, 4.69) is 5.32 Å². The lowest BCUT2D eigenvalue weighted by Crippen LogP contribution is -2.65. The van der Waals surface area contributed by atoms with Gasteiger partial charge in [0.1, 0.15) is 11.8 Å². The average molecular weight is 238 g/mol. The van der Waals surface area contributed by atoms with E-state index in [4.69, 9.17) is 4.42 Å². The van der Waals surface area contributed by atoms with Gasteiger partial charge in [0.2, 0.25) is 5.91 Å². The SMILES string of the molecule is CC1(C)CN(Cc2ccco2)C(=O)C(CO)N1. The number of rotatable bonds is 3. The van der Waals surface area contributed by atoms with E-state index in [1.54, 1.807) is 17.2 Å². The first-order valence-corrected chi connectivity index (χ1v) is 5.71. The molecule has 0 aromatic carbocycles. The molecule has 0 aliphatic carbocycles. The molecule has 1 amide bonds. The van der Waals surface area contributed by atoms with Crippen LogP contribution in [0.15, 0.2) is 22.8 Å². The minimum Gasteiger partial charge on any atom is -0.467 e. The smallest absolute Gasteiger partial charge is 0.242 e. The highest BCUT2D eigenvalue weighted by Gasteiger charge is 2.37. The fourth-order valence-corrected chi connectivity index (χ4v) is 2.20. The third kappa shape index (κ3) is 2.68. The van der Waals surface area contributed by atoms with E-state index < -0.39 is 6.04 Å². The Labute approximate surface area is 100 Å². The van der Waals surface area contributed by atoms with Gasteiger partial charge in [0, 0.05) is 12.1 Å². The molecule has 5 heteroatoms. The lowest BCUT2D eigenvalue weighted by molar-refractivity contribution is -0.141. The van der Waals surface area contributed by atoms with Crippen molar-refractivity contribution in [3.05, 3.63) is 24.2 Å². The van der Waals surface area contributed by atoms with Gasteiger partial charge in [-0.2, -0.15) is 0 Å².